The first-order chi connectivity index (χ1) is 9.39. The Kier molecular flexibility index (Phi) is 3.88. The van der Waals surface area contributed by atoms with Crippen molar-refractivity contribution < 1.29 is 20.1 Å². The summed E-state index contributed by atoms with van der Waals surface area (Å²) < 4.78 is 0. The number of aliphatic hydroxyl groups is 2. The molecule has 3 N–H and O–H groups in total. The van der Waals surface area contributed by atoms with Crippen molar-refractivity contribution in [1.29, 1.82) is 0 Å². The van der Waals surface area contributed by atoms with Crippen LogP contribution in [0, 0.1) is 0 Å². The van der Waals surface area contributed by atoms with Gasteiger partial charge in [-0.05, 0) is 36.8 Å². The van der Waals surface area contributed by atoms with E-state index in [1.807, 2.05) is 0 Å². The molecule has 0 spiro atoms. The second-order valence-corrected chi connectivity index (χ2v) is 4.89. The van der Waals surface area contributed by atoms with Crippen LogP contribution >= 0.6 is 0 Å². The standard InChI is InChI=1S/C16H16O4/c1-16(20)9-8-13(17)11(10-16)6-7-15(19)12-4-2-3-5-14(12)18/h2-10,13,17-18,20H,1H3/b7-6+. The van der Waals surface area contributed by atoms with Crippen LogP contribution in [0.5, 0.6) is 5.75 Å². The summed E-state index contributed by atoms with van der Waals surface area (Å²) in [5, 5.41) is 29.2. The molecule has 2 rings (SSSR count). The lowest BCUT2D eigenvalue weighted by atomic mass is 9.92. The van der Waals surface area contributed by atoms with E-state index < -0.39 is 11.7 Å². The van der Waals surface area contributed by atoms with E-state index in [4.69, 9.17) is 0 Å². The monoisotopic (exact) mass is 272 g/mol. The molecule has 1 aromatic carbocycles. The van der Waals surface area contributed by atoms with E-state index in [9.17, 15) is 20.1 Å². The lowest BCUT2D eigenvalue weighted by Crippen LogP contribution is -2.25. The van der Waals surface area contributed by atoms with E-state index in [0.717, 1.165) is 0 Å². The fourth-order valence-corrected chi connectivity index (χ4v) is 1.96. The minimum atomic E-state index is -1.14. The molecule has 4 heteroatoms. The number of hydrogen-bond acceptors (Lipinski definition) is 4. The number of carbonyl (C=O) groups is 1. The van der Waals surface area contributed by atoms with Crippen LogP contribution in [0.4, 0.5) is 0 Å². The van der Waals surface area contributed by atoms with Crippen LogP contribution in [0.2, 0.25) is 0 Å². The number of allylic oxidation sites excluding steroid dienone is 1. The fraction of sp³-hybridized carbons (Fsp3) is 0.188. The zero-order valence-electron chi connectivity index (χ0n) is 11.0. The molecule has 0 bridgehead atoms. The van der Waals surface area contributed by atoms with E-state index in [1.54, 1.807) is 19.1 Å². The van der Waals surface area contributed by atoms with Crippen LogP contribution in [0.3, 0.4) is 0 Å². The highest BCUT2D eigenvalue weighted by Gasteiger charge is 2.21. The zero-order valence-corrected chi connectivity index (χ0v) is 11.0. The maximum Gasteiger partial charge on any atom is 0.189 e. The van der Waals surface area contributed by atoms with E-state index in [-0.39, 0.29) is 17.1 Å². The van der Waals surface area contributed by atoms with Crippen LogP contribution in [0.15, 0.2) is 60.2 Å². The normalized spacial score (nSPS) is 25.8. The first-order valence-corrected chi connectivity index (χ1v) is 6.22. The number of aliphatic hydroxyl groups excluding tert-OH is 1. The van der Waals surface area contributed by atoms with Gasteiger partial charge in [-0.25, -0.2) is 0 Å². The van der Waals surface area contributed by atoms with Crippen molar-refractivity contribution in [3.05, 3.63) is 65.8 Å². The van der Waals surface area contributed by atoms with Crippen molar-refractivity contribution in [3.63, 3.8) is 0 Å². The molecular weight excluding hydrogens is 256 g/mol. The highest BCUT2D eigenvalue weighted by molar-refractivity contribution is 6.06. The zero-order chi connectivity index (χ0) is 14.8. The van der Waals surface area contributed by atoms with Crippen molar-refractivity contribution in [2.45, 2.75) is 18.6 Å². The van der Waals surface area contributed by atoms with Crippen LogP contribution in [0.1, 0.15) is 17.3 Å². The second kappa shape index (κ2) is 5.45. The third-order valence-electron chi connectivity index (χ3n) is 3.01. The van der Waals surface area contributed by atoms with Crippen LogP contribution in [-0.2, 0) is 0 Å². The van der Waals surface area contributed by atoms with Gasteiger partial charge < -0.3 is 15.3 Å². The maximum absolute atomic E-state index is 11.9. The van der Waals surface area contributed by atoms with E-state index in [2.05, 4.69) is 0 Å². The second-order valence-electron chi connectivity index (χ2n) is 4.89. The minimum Gasteiger partial charge on any atom is -0.507 e. The largest absolute Gasteiger partial charge is 0.507 e. The number of para-hydroxylation sites is 1. The number of hydrogen-bond donors (Lipinski definition) is 3. The van der Waals surface area contributed by atoms with Gasteiger partial charge in [0.1, 0.15) is 5.75 Å². The number of aromatic hydroxyl groups is 1. The van der Waals surface area contributed by atoms with Gasteiger partial charge in [-0.3, -0.25) is 4.79 Å². The molecule has 0 saturated heterocycles. The molecule has 1 aromatic rings. The summed E-state index contributed by atoms with van der Waals surface area (Å²) in [5.41, 5.74) is -0.519. The first-order valence-electron chi connectivity index (χ1n) is 6.22. The average Bonchev–Trinajstić information content (AvgIpc) is 2.40. The van der Waals surface area contributed by atoms with Crippen molar-refractivity contribution in [2.75, 3.05) is 0 Å². The Morgan fingerprint density at radius 1 is 1.35 bits per heavy atom. The van der Waals surface area contributed by atoms with Crippen molar-refractivity contribution >= 4 is 5.78 Å². The predicted octanol–water partition coefficient (Wildman–Crippen LogP) is 1.74. The Hall–Kier alpha value is -2.17. The molecule has 0 amide bonds. The van der Waals surface area contributed by atoms with E-state index >= 15 is 0 Å². The number of phenols is 1. The van der Waals surface area contributed by atoms with Gasteiger partial charge in [-0.1, -0.05) is 30.4 Å². The van der Waals surface area contributed by atoms with E-state index in [0.29, 0.717) is 5.57 Å². The summed E-state index contributed by atoms with van der Waals surface area (Å²) in [6, 6.07) is 6.24. The molecular formula is C16H16O4. The molecule has 104 valence electrons. The van der Waals surface area contributed by atoms with Gasteiger partial charge in [0.25, 0.3) is 0 Å². The van der Waals surface area contributed by atoms with Gasteiger partial charge in [0, 0.05) is 0 Å². The van der Waals surface area contributed by atoms with Gasteiger partial charge in [0.2, 0.25) is 0 Å². The Labute approximate surface area is 117 Å². The Morgan fingerprint density at radius 2 is 2.05 bits per heavy atom. The fourth-order valence-electron chi connectivity index (χ4n) is 1.96. The van der Waals surface area contributed by atoms with Gasteiger partial charge in [0.15, 0.2) is 5.78 Å². The molecule has 1 aliphatic carbocycles. The molecule has 4 nitrogen and oxygen atoms in total. The van der Waals surface area contributed by atoms with Crippen molar-refractivity contribution in [2.24, 2.45) is 0 Å². The maximum atomic E-state index is 11.9. The summed E-state index contributed by atoms with van der Waals surface area (Å²) in [6.45, 7) is 1.58. The Balaban J connectivity index is 2.20. The lowest BCUT2D eigenvalue weighted by Gasteiger charge is -2.22. The van der Waals surface area contributed by atoms with E-state index in [1.165, 1.54) is 42.5 Å². The van der Waals surface area contributed by atoms with Crippen LogP contribution < -0.4 is 0 Å². The van der Waals surface area contributed by atoms with Crippen molar-refractivity contribution in [1.82, 2.24) is 0 Å². The molecule has 0 heterocycles. The molecule has 2 atom stereocenters. The predicted molar refractivity (Wildman–Crippen MR) is 75.4 cm³/mol. The third-order valence-corrected chi connectivity index (χ3v) is 3.01. The molecule has 0 aliphatic heterocycles. The third kappa shape index (κ3) is 3.23. The summed E-state index contributed by atoms with van der Waals surface area (Å²) in [6.07, 6.45) is 6.27. The molecule has 0 radical (unpaired) electrons. The van der Waals surface area contributed by atoms with Crippen LogP contribution in [0.25, 0.3) is 0 Å². The summed E-state index contributed by atoms with van der Waals surface area (Å²) in [4.78, 5) is 11.9. The highest BCUT2D eigenvalue weighted by atomic mass is 16.3. The quantitative estimate of drug-likeness (QED) is 0.445. The molecule has 1 aliphatic rings. The van der Waals surface area contributed by atoms with Gasteiger partial charge in [-0.15, -0.1) is 0 Å². The number of benzene rings is 1. The summed E-state index contributed by atoms with van der Waals surface area (Å²) in [7, 11) is 0. The number of ketones is 1. The molecule has 20 heavy (non-hydrogen) atoms. The lowest BCUT2D eigenvalue weighted by molar-refractivity contribution is 0.104. The smallest absolute Gasteiger partial charge is 0.189 e. The number of phenolic OH excluding ortho intramolecular Hbond substituents is 1. The Morgan fingerprint density at radius 3 is 2.75 bits per heavy atom. The molecule has 2 unspecified atom stereocenters. The van der Waals surface area contributed by atoms with Crippen LogP contribution in [-0.4, -0.2) is 32.8 Å². The van der Waals surface area contributed by atoms with Crippen molar-refractivity contribution in [3.8, 4) is 5.75 Å². The van der Waals surface area contributed by atoms with Gasteiger partial charge in [-0.2, -0.15) is 0 Å². The SMILES string of the molecule is CC1(O)C=CC(O)C(/C=C/C(=O)c2ccccc2O)=C1. The number of rotatable bonds is 3. The summed E-state index contributed by atoms with van der Waals surface area (Å²) in [5.74, 6) is -0.461. The Bertz CT molecular complexity index is 609. The number of carbonyl (C=O) groups excluding carboxylic acids is 1. The summed E-state index contributed by atoms with van der Waals surface area (Å²) >= 11 is 0. The minimum absolute atomic E-state index is 0.0905. The highest BCUT2D eigenvalue weighted by Crippen LogP contribution is 2.22. The van der Waals surface area contributed by atoms with Gasteiger partial charge >= 0.3 is 0 Å². The van der Waals surface area contributed by atoms with Gasteiger partial charge in [0.05, 0.1) is 17.3 Å². The molecule has 0 aromatic heterocycles. The average molecular weight is 272 g/mol. The first kappa shape index (κ1) is 14.2. The topological polar surface area (TPSA) is 77.8 Å². The molecule has 0 fully saturated rings. The molecule has 0 saturated carbocycles.